The van der Waals surface area contributed by atoms with Gasteiger partial charge in [0.25, 0.3) is 11.8 Å². The quantitative estimate of drug-likeness (QED) is 0.0493. The molecule has 6 aromatic rings. The smallest absolute Gasteiger partial charge is 0.346 e. The second-order valence-electron chi connectivity index (χ2n) is 14.4. The molecule has 0 aliphatic heterocycles. The Morgan fingerprint density at radius 2 is 1.08 bits per heavy atom. The Bertz CT molecular complexity index is 2620. The molecule has 2 N–H and O–H groups in total. The van der Waals surface area contributed by atoms with E-state index in [1.54, 1.807) is 66.7 Å². The van der Waals surface area contributed by atoms with Crippen LogP contribution in [0.4, 0.5) is 0 Å². The van der Waals surface area contributed by atoms with E-state index in [-0.39, 0.29) is 28.5 Å². The Morgan fingerprint density at radius 3 is 1.60 bits per heavy atom. The second kappa shape index (κ2) is 22.2. The summed E-state index contributed by atoms with van der Waals surface area (Å²) in [6, 6.07) is 38.8. The molecule has 10 nitrogen and oxygen atoms in total. The third-order valence-electron chi connectivity index (χ3n) is 10.1. The number of hydrogen-bond donors (Lipinski definition) is 2. The lowest BCUT2D eigenvalue weighted by molar-refractivity contribution is 0.0397. The highest BCUT2D eigenvalue weighted by molar-refractivity contribution is 6.31. The summed E-state index contributed by atoms with van der Waals surface area (Å²) in [5, 5.41) is 16.7. The lowest BCUT2D eigenvalue weighted by atomic mass is 9.97. The molecule has 2 amide bonds. The van der Waals surface area contributed by atoms with Gasteiger partial charge >= 0.3 is 11.9 Å². The van der Waals surface area contributed by atoms with E-state index >= 15 is 0 Å². The molecule has 0 aliphatic carbocycles. The highest BCUT2D eigenvalue weighted by atomic mass is 35.5. The molecule has 12 heteroatoms. The van der Waals surface area contributed by atoms with Crippen LogP contribution in [0.25, 0.3) is 22.3 Å². The predicted octanol–water partition coefficient (Wildman–Crippen LogP) is 10.7. The van der Waals surface area contributed by atoms with E-state index in [9.17, 15) is 24.4 Å². The Kier molecular flexibility index (Phi) is 16.1. The van der Waals surface area contributed by atoms with E-state index in [0.717, 1.165) is 40.7 Å². The first-order valence-electron chi connectivity index (χ1n) is 20.6. The minimum Gasteiger partial charge on any atom is -0.493 e. The summed E-state index contributed by atoms with van der Waals surface area (Å²) in [5.74, 6) is -1.27. The van der Waals surface area contributed by atoms with E-state index in [2.05, 4.69) is 23.6 Å². The number of hydrogen-bond acceptors (Lipinski definition) is 8. The number of rotatable bonds is 18. The van der Waals surface area contributed by atoms with E-state index < -0.39 is 11.9 Å². The minimum atomic E-state index is -0.879. The molecular weight excluding hydrogens is 837 g/mol. The SMILES string of the molecule is CCCCOc1ccc(Cl)cc1C(=O)NCCc1ccc(-c2ccc(C(=O)OC(=O)c3ccc(-c4ccc(CCNC(=O)c5cc(Cl)ccc5OCC)cc4)cc3)cc2C#N)cc1. The predicted molar refractivity (Wildman–Crippen MR) is 245 cm³/mol. The summed E-state index contributed by atoms with van der Waals surface area (Å²) in [4.78, 5) is 51.8. The lowest BCUT2D eigenvalue weighted by Crippen LogP contribution is -2.26. The van der Waals surface area contributed by atoms with Gasteiger partial charge < -0.3 is 24.8 Å². The molecule has 0 saturated heterocycles. The van der Waals surface area contributed by atoms with Crippen LogP contribution >= 0.6 is 23.2 Å². The maximum atomic E-state index is 13.1. The number of nitrogens with zero attached hydrogens (tertiary/aromatic N) is 1. The molecule has 63 heavy (non-hydrogen) atoms. The minimum absolute atomic E-state index is 0.0608. The van der Waals surface area contributed by atoms with Gasteiger partial charge in [0.2, 0.25) is 0 Å². The number of unbranched alkanes of at least 4 members (excludes halogenated alkanes) is 1. The van der Waals surface area contributed by atoms with E-state index in [1.165, 1.54) is 12.1 Å². The van der Waals surface area contributed by atoms with Crippen molar-refractivity contribution in [2.24, 2.45) is 0 Å². The average molecular weight is 883 g/mol. The summed E-state index contributed by atoms with van der Waals surface area (Å²) < 4.78 is 16.6. The van der Waals surface area contributed by atoms with Gasteiger partial charge in [-0.1, -0.05) is 103 Å². The van der Waals surface area contributed by atoms with Crippen LogP contribution in [0.2, 0.25) is 10.0 Å². The molecule has 0 aromatic heterocycles. The first-order valence-corrected chi connectivity index (χ1v) is 21.3. The number of halogens is 2. The standard InChI is InChI=1S/C51H45Cl2N3O7/c1-3-5-28-62-47-23-20-42(53)31-45(47)49(58)56-27-25-34-8-12-37(13-9-34)43-21-18-39(29-40(43)32-54)51(60)63-50(59)38-16-14-36(15-17-38)35-10-6-33(7-11-35)24-26-55-48(57)44-30-41(52)19-22-46(44)61-4-2/h6-23,29-31H,3-5,24-28H2,1-2H3,(H,55,57)(H,56,58). The van der Waals surface area contributed by atoms with Crippen molar-refractivity contribution in [1.29, 1.82) is 5.26 Å². The number of benzene rings is 6. The molecule has 6 rings (SSSR count). The van der Waals surface area contributed by atoms with Crippen molar-refractivity contribution in [3.05, 3.63) is 176 Å². The molecule has 6 aromatic carbocycles. The number of carbonyl (C=O) groups is 4. The molecule has 0 fully saturated rings. The van der Waals surface area contributed by atoms with Gasteiger partial charge in [0.15, 0.2) is 0 Å². The average Bonchev–Trinajstić information content (AvgIpc) is 3.30. The van der Waals surface area contributed by atoms with Crippen LogP contribution in [-0.2, 0) is 17.6 Å². The van der Waals surface area contributed by atoms with Crippen LogP contribution in [-0.4, -0.2) is 50.1 Å². The van der Waals surface area contributed by atoms with E-state index in [0.29, 0.717) is 77.4 Å². The Hall–Kier alpha value is -6.93. The molecule has 0 bridgehead atoms. The first kappa shape index (κ1) is 45.6. The molecule has 0 saturated carbocycles. The molecule has 0 unspecified atom stereocenters. The maximum absolute atomic E-state index is 13.1. The van der Waals surface area contributed by atoms with Crippen molar-refractivity contribution in [3.8, 4) is 39.8 Å². The van der Waals surface area contributed by atoms with Gasteiger partial charge in [-0.05, 0) is 120 Å². The van der Waals surface area contributed by atoms with Crippen molar-refractivity contribution in [1.82, 2.24) is 10.6 Å². The second-order valence-corrected chi connectivity index (χ2v) is 15.3. The molecule has 0 radical (unpaired) electrons. The van der Waals surface area contributed by atoms with E-state index in [4.69, 9.17) is 37.4 Å². The highest BCUT2D eigenvalue weighted by Gasteiger charge is 2.19. The van der Waals surface area contributed by atoms with Gasteiger partial charge in [0, 0.05) is 23.1 Å². The van der Waals surface area contributed by atoms with Crippen molar-refractivity contribution in [2.45, 2.75) is 39.5 Å². The molecule has 0 heterocycles. The number of nitriles is 1. The molecule has 0 aliphatic rings. The molecule has 0 spiro atoms. The van der Waals surface area contributed by atoms with Crippen LogP contribution in [0.3, 0.4) is 0 Å². The fraction of sp³-hybridized carbons (Fsp3) is 0.196. The largest absolute Gasteiger partial charge is 0.493 e. The first-order chi connectivity index (χ1) is 30.6. The molecular formula is C51H45Cl2N3O7. The normalized spacial score (nSPS) is 10.7. The fourth-order valence-corrected chi connectivity index (χ4v) is 7.00. The van der Waals surface area contributed by atoms with Crippen LogP contribution in [0.5, 0.6) is 11.5 Å². The van der Waals surface area contributed by atoms with Crippen molar-refractivity contribution < 1.29 is 33.4 Å². The van der Waals surface area contributed by atoms with Crippen LogP contribution in [0.15, 0.2) is 127 Å². The zero-order valence-electron chi connectivity index (χ0n) is 34.8. The van der Waals surface area contributed by atoms with Crippen molar-refractivity contribution >= 4 is 47.0 Å². The van der Waals surface area contributed by atoms with Crippen molar-refractivity contribution in [3.63, 3.8) is 0 Å². The van der Waals surface area contributed by atoms with Gasteiger partial charge in [0.05, 0.1) is 47.1 Å². The number of nitrogens with one attached hydrogen (secondary N) is 2. The summed E-state index contributed by atoms with van der Waals surface area (Å²) in [5.41, 5.74) is 6.38. The zero-order valence-corrected chi connectivity index (χ0v) is 36.4. The van der Waals surface area contributed by atoms with Crippen LogP contribution in [0.1, 0.15) is 84.8 Å². The number of amides is 2. The van der Waals surface area contributed by atoms with Crippen molar-refractivity contribution in [2.75, 3.05) is 26.3 Å². The third-order valence-corrected chi connectivity index (χ3v) is 10.5. The lowest BCUT2D eigenvalue weighted by Gasteiger charge is -2.12. The summed E-state index contributed by atoms with van der Waals surface area (Å²) in [7, 11) is 0. The number of ether oxygens (including phenoxy) is 3. The summed E-state index contributed by atoms with van der Waals surface area (Å²) in [6.45, 7) is 5.65. The molecule has 0 atom stereocenters. The third kappa shape index (κ3) is 12.3. The van der Waals surface area contributed by atoms with E-state index in [1.807, 2.05) is 55.5 Å². The zero-order chi connectivity index (χ0) is 44.7. The highest BCUT2D eigenvalue weighted by Crippen LogP contribution is 2.28. The van der Waals surface area contributed by atoms with Crippen LogP contribution in [0, 0.1) is 11.3 Å². The summed E-state index contributed by atoms with van der Waals surface area (Å²) >= 11 is 12.3. The number of carbonyl (C=O) groups excluding carboxylic acids is 4. The van der Waals surface area contributed by atoms with Gasteiger partial charge in [-0.2, -0.15) is 5.26 Å². The topological polar surface area (TPSA) is 144 Å². The Balaban J connectivity index is 0.988. The summed E-state index contributed by atoms with van der Waals surface area (Å²) in [6.07, 6.45) is 3.02. The monoisotopic (exact) mass is 881 g/mol. The Morgan fingerprint density at radius 1 is 0.587 bits per heavy atom. The molecule has 320 valence electrons. The Labute approximate surface area is 376 Å². The van der Waals surface area contributed by atoms with Gasteiger partial charge in [0.1, 0.15) is 11.5 Å². The fourth-order valence-electron chi connectivity index (χ4n) is 6.66. The maximum Gasteiger partial charge on any atom is 0.346 e. The number of esters is 2. The van der Waals surface area contributed by atoms with Crippen LogP contribution < -0.4 is 20.1 Å². The van der Waals surface area contributed by atoms with Gasteiger partial charge in [-0.3, -0.25) is 9.59 Å². The van der Waals surface area contributed by atoms with Gasteiger partial charge in [-0.15, -0.1) is 0 Å². The van der Waals surface area contributed by atoms with Gasteiger partial charge in [-0.25, -0.2) is 9.59 Å².